The highest BCUT2D eigenvalue weighted by Crippen LogP contribution is 2.25. The number of aromatic nitrogens is 2. The Morgan fingerprint density at radius 1 is 1.16 bits per heavy atom. The van der Waals surface area contributed by atoms with Gasteiger partial charge in [0.1, 0.15) is 5.82 Å². The molecule has 2 N–H and O–H groups in total. The Morgan fingerprint density at radius 2 is 1.89 bits per heavy atom. The fourth-order valence-electron chi connectivity index (χ4n) is 2.22. The fourth-order valence-corrected chi connectivity index (χ4v) is 2.22. The molecule has 4 heteroatoms. The quantitative estimate of drug-likeness (QED) is 0.765. The average molecular weight is 255 g/mol. The predicted octanol–water partition coefficient (Wildman–Crippen LogP) is 2.84. The number of nitrogens with zero attached hydrogens (tertiary/aromatic N) is 2. The third kappa shape index (κ3) is 2.11. The predicted molar refractivity (Wildman–Crippen MR) is 74.0 cm³/mol. The van der Waals surface area contributed by atoms with Crippen LogP contribution in [-0.4, -0.2) is 9.78 Å². The van der Waals surface area contributed by atoms with Crippen LogP contribution >= 0.6 is 0 Å². The first kappa shape index (κ1) is 11.9. The van der Waals surface area contributed by atoms with Gasteiger partial charge < -0.3 is 5.73 Å². The lowest BCUT2D eigenvalue weighted by atomic mass is 10.0. The molecule has 0 saturated carbocycles. The molecule has 0 unspecified atom stereocenters. The second kappa shape index (κ2) is 4.48. The van der Waals surface area contributed by atoms with Crippen LogP contribution in [0.2, 0.25) is 0 Å². The molecule has 1 aromatic heterocycles. The lowest BCUT2D eigenvalue weighted by Gasteiger charge is -2.05. The van der Waals surface area contributed by atoms with E-state index >= 15 is 0 Å². The fraction of sp³-hybridized carbons (Fsp3) is 0.133. The number of nitrogens with two attached hydrogens (primary N) is 1. The Morgan fingerprint density at radius 3 is 2.63 bits per heavy atom. The number of hydrogen-bond acceptors (Lipinski definition) is 2. The number of rotatable bonds is 2. The molecule has 0 radical (unpaired) electrons. The van der Waals surface area contributed by atoms with E-state index in [-0.39, 0.29) is 12.4 Å². The minimum atomic E-state index is -0.258. The van der Waals surface area contributed by atoms with Crippen molar-refractivity contribution in [3.8, 4) is 11.1 Å². The zero-order chi connectivity index (χ0) is 13.4. The van der Waals surface area contributed by atoms with Gasteiger partial charge in [0.15, 0.2) is 0 Å². The number of hydrogen-bond donors (Lipinski definition) is 1. The summed E-state index contributed by atoms with van der Waals surface area (Å²) in [6.07, 6.45) is 1.95. The third-order valence-electron chi connectivity index (χ3n) is 3.23. The van der Waals surface area contributed by atoms with Crippen molar-refractivity contribution < 1.29 is 4.39 Å². The van der Waals surface area contributed by atoms with Gasteiger partial charge in [-0.2, -0.15) is 5.10 Å². The van der Waals surface area contributed by atoms with Gasteiger partial charge in [-0.1, -0.05) is 18.2 Å². The van der Waals surface area contributed by atoms with E-state index in [0.29, 0.717) is 5.56 Å². The summed E-state index contributed by atoms with van der Waals surface area (Å²) in [5, 5.41) is 5.36. The first-order chi connectivity index (χ1) is 9.17. The Hall–Kier alpha value is -2.20. The van der Waals surface area contributed by atoms with Gasteiger partial charge in [0, 0.05) is 30.7 Å². The largest absolute Gasteiger partial charge is 0.326 e. The monoisotopic (exact) mass is 255 g/mol. The van der Waals surface area contributed by atoms with Crippen LogP contribution in [0.15, 0.2) is 42.6 Å². The van der Waals surface area contributed by atoms with E-state index in [0.717, 1.165) is 22.0 Å². The van der Waals surface area contributed by atoms with Crippen LogP contribution in [0.4, 0.5) is 4.39 Å². The highest BCUT2D eigenvalue weighted by Gasteiger charge is 2.06. The highest BCUT2D eigenvalue weighted by atomic mass is 19.1. The maximum absolute atomic E-state index is 13.8. The first-order valence-corrected chi connectivity index (χ1v) is 6.09. The SMILES string of the molecule is Cn1cc2cc(-c3ccc(CN)c(F)c3)ccc2n1. The molecule has 0 spiro atoms. The minimum Gasteiger partial charge on any atom is -0.326 e. The average Bonchev–Trinajstić information content (AvgIpc) is 2.77. The van der Waals surface area contributed by atoms with Crippen LogP contribution in [0, 0.1) is 5.82 Å². The van der Waals surface area contributed by atoms with Gasteiger partial charge >= 0.3 is 0 Å². The number of fused-ring (bicyclic) bond motifs is 1. The summed E-state index contributed by atoms with van der Waals surface area (Å²) in [7, 11) is 1.88. The van der Waals surface area contributed by atoms with Gasteiger partial charge in [-0.3, -0.25) is 4.68 Å². The molecule has 0 aliphatic carbocycles. The van der Waals surface area contributed by atoms with Crippen molar-refractivity contribution in [1.29, 1.82) is 0 Å². The summed E-state index contributed by atoms with van der Waals surface area (Å²) in [5.74, 6) is -0.258. The maximum atomic E-state index is 13.8. The second-order valence-electron chi connectivity index (χ2n) is 4.59. The van der Waals surface area contributed by atoms with Crippen LogP contribution < -0.4 is 5.73 Å². The van der Waals surface area contributed by atoms with Gasteiger partial charge in [-0.15, -0.1) is 0 Å². The third-order valence-corrected chi connectivity index (χ3v) is 3.23. The van der Waals surface area contributed by atoms with E-state index in [2.05, 4.69) is 5.10 Å². The molecule has 1 heterocycles. The molecule has 0 bridgehead atoms. The van der Waals surface area contributed by atoms with Crippen molar-refractivity contribution in [3.05, 3.63) is 54.0 Å². The lowest BCUT2D eigenvalue weighted by Crippen LogP contribution is -1.99. The normalized spacial score (nSPS) is 11.1. The molecule has 0 atom stereocenters. The number of aryl methyl sites for hydroxylation is 1. The number of benzene rings is 2. The molecule has 96 valence electrons. The Labute approximate surface area is 110 Å². The van der Waals surface area contributed by atoms with Crippen molar-refractivity contribution in [2.24, 2.45) is 12.8 Å². The lowest BCUT2D eigenvalue weighted by molar-refractivity contribution is 0.611. The van der Waals surface area contributed by atoms with Crippen molar-refractivity contribution in [2.45, 2.75) is 6.54 Å². The van der Waals surface area contributed by atoms with Crippen LogP contribution in [-0.2, 0) is 13.6 Å². The van der Waals surface area contributed by atoms with Crippen molar-refractivity contribution in [3.63, 3.8) is 0 Å². The van der Waals surface area contributed by atoms with E-state index in [1.54, 1.807) is 10.7 Å². The molecule has 0 amide bonds. The zero-order valence-electron chi connectivity index (χ0n) is 10.6. The maximum Gasteiger partial charge on any atom is 0.128 e. The Kier molecular flexibility index (Phi) is 2.80. The topological polar surface area (TPSA) is 43.8 Å². The standard InChI is InChI=1S/C15H14FN3/c1-19-9-13-6-10(4-5-15(13)18-19)11-2-3-12(8-17)14(16)7-11/h2-7,9H,8,17H2,1H3. The summed E-state index contributed by atoms with van der Waals surface area (Å²) in [4.78, 5) is 0. The van der Waals surface area contributed by atoms with Crippen LogP contribution in [0.3, 0.4) is 0 Å². The molecule has 0 aliphatic heterocycles. The van der Waals surface area contributed by atoms with Gasteiger partial charge in [0.2, 0.25) is 0 Å². The van der Waals surface area contributed by atoms with Crippen LogP contribution in [0.5, 0.6) is 0 Å². The molecule has 0 saturated heterocycles. The van der Waals surface area contributed by atoms with Gasteiger partial charge in [-0.05, 0) is 29.3 Å². The Balaban J connectivity index is 2.10. The zero-order valence-corrected chi connectivity index (χ0v) is 10.6. The molecule has 2 aromatic carbocycles. The smallest absolute Gasteiger partial charge is 0.128 e. The number of halogens is 1. The molecule has 19 heavy (non-hydrogen) atoms. The summed E-state index contributed by atoms with van der Waals surface area (Å²) in [5.41, 5.74) is 8.76. The molecule has 3 aromatic rings. The van der Waals surface area contributed by atoms with Gasteiger partial charge in [0.25, 0.3) is 0 Å². The Bertz CT molecular complexity index is 746. The minimum absolute atomic E-state index is 0.216. The van der Waals surface area contributed by atoms with E-state index in [1.165, 1.54) is 6.07 Å². The molecule has 0 fully saturated rings. The highest BCUT2D eigenvalue weighted by molar-refractivity contribution is 5.84. The van der Waals surface area contributed by atoms with Crippen molar-refractivity contribution >= 4 is 10.9 Å². The second-order valence-corrected chi connectivity index (χ2v) is 4.59. The molecule has 3 nitrogen and oxygen atoms in total. The van der Waals surface area contributed by atoms with Crippen LogP contribution in [0.25, 0.3) is 22.0 Å². The van der Waals surface area contributed by atoms with E-state index < -0.39 is 0 Å². The summed E-state index contributed by atoms with van der Waals surface area (Å²) < 4.78 is 15.5. The van der Waals surface area contributed by atoms with Crippen molar-refractivity contribution in [1.82, 2.24) is 9.78 Å². The molecular formula is C15H14FN3. The van der Waals surface area contributed by atoms with E-state index in [1.807, 2.05) is 37.5 Å². The summed E-state index contributed by atoms with van der Waals surface area (Å²) >= 11 is 0. The first-order valence-electron chi connectivity index (χ1n) is 6.09. The molecular weight excluding hydrogens is 241 g/mol. The van der Waals surface area contributed by atoms with Gasteiger partial charge in [0.05, 0.1) is 5.52 Å². The van der Waals surface area contributed by atoms with Crippen molar-refractivity contribution in [2.75, 3.05) is 0 Å². The molecule has 3 rings (SSSR count). The van der Waals surface area contributed by atoms with Crippen LogP contribution in [0.1, 0.15) is 5.56 Å². The van der Waals surface area contributed by atoms with E-state index in [9.17, 15) is 4.39 Å². The van der Waals surface area contributed by atoms with Gasteiger partial charge in [-0.25, -0.2) is 4.39 Å². The summed E-state index contributed by atoms with van der Waals surface area (Å²) in [6, 6.07) is 11.1. The van der Waals surface area contributed by atoms with E-state index in [4.69, 9.17) is 5.73 Å². The molecule has 0 aliphatic rings. The summed E-state index contributed by atoms with van der Waals surface area (Å²) in [6.45, 7) is 0.216.